The van der Waals surface area contributed by atoms with E-state index in [9.17, 15) is 43.9 Å². The predicted molar refractivity (Wildman–Crippen MR) is 123 cm³/mol. The van der Waals surface area contributed by atoms with Crippen molar-refractivity contribution in [2.45, 2.75) is 25.3 Å². The van der Waals surface area contributed by atoms with Crippen LogP contribution in [0.3, 0.4) is 0 Å². The highest BCUT2D eigenvalue weighted by Crippen LogP contribution is 2.38. The number of hydrogen-bond donors (Lipinski definition) is 0. The van der Waals surface area contributed by atoms with Crippen LogP contribution in [-0.4, -0.2) is 49.1 Å². The normalized spacial score (nSPS) is 15.8. The Hall–Kier alpha value is -3.69. The number of carbonyl (C=O) groups is 1. The fourth-order valence-electron chi connectivity index (χ4n) is 3.85. The Labute approximate surface area is 216 Å². The second-order valence-electron chi connectivity index (χ2n) is 8.62. The Kier molecular flexibility index (Phi) is 7.60. The van der Waals surface area contributed by atoms with Gasteiger partial charge in [0.15, 0.2) is 9.84 Å². The summed E-state index contributed by atoms with van der Waals surface area (Å²) in [6.07, 6.45) is -11.2. The van der Waals surface area contributed by atoms with E-state index in [4.69, 9.17) is 4.42 Å². The van der Waals surface area contributed by atoms with Crippen molar-refractivity contribution in [3.63, 3.8) is 0 Å². The molecule has 4 rings (SSSR count). The molecule has 1 amide bonds. The summed E-state index contributed by atoms with van der Waals surface area (Å²) >= 11 is 0. The monoisotopic (exact) mass is 580 g/mol. The summed E-state index contributed by atoms with van der Waals surface area (Å²) in [5, 5.41) is 7.65. The van der Waals surface area contributed by atoms with E-state index in [0.29, 0.717) is 12.1 Å². The smallest absolute Gasteiger partial charge is 0.406 e. The zero-order valence-electron chi connectivity index (χ0n) is 19.8. The molecule has 39 heavy (non-hydrogen) atoms. The molecule has 0 aliphatic carbocycles. The van der Waals surface area contributed by atoms with Crippen molar-refractivity contribution < 1.29 is 48.4 Å². The van der Waals surface area contributed by atoms with E-state index in [0.717, 1.165) is 17.0 Å². The standard InChI is InChI=1S/C23H19F7N4O4S/c24-16-3-5-17(6-4-16)34(13-19-31-32-21(38-19)33-7-9-39(36,37)10-8-33)20(35)11-14-1-2-15(22(25,26)27)12-18(14)23(28,29)30/h1-6,12H,7-11,13H2. The highest BCUT2D eigenvalue weighted by atomic mass is 32.2. The lowest BCUT2D eigenvalue weighted by Gasteiger charge is -2.24. The van der Waals surface area contributed by atoms with Gasteiger partial charge in [-0.2, -0.15) is 26.3 Å². The molecule has 1 aliphatic heterocycles. The molecule has 0 unspecified atom stereocenters. The van der Waals surface area contributed by atoms with Crippen molar-refractivity contribution in [1.82, 2.24) is 10.2 Å². The first-order valence-electron chi connectivity index (χ1n) is 11.2. The summed E-state index contributed by atoms with van der Waals surface area (Å²) < 4.78 is 122. The van der Waals surface area contributed by atoms with E-state index in [2.05, 4.69) is 10.2 Å². The molecule has 8 nitrogen and oxygen atoms in total. The summed E-state index contributed by atoms with van der Waals surface area (Å²) in [5.74, 6) is -2.08. The van der Waals surface area contributed by atoms with Crippen molar-refractivity contribution in [2.24, 2.45) is 0 Å². The van der Waals surface area contributed by atoms with E-state index < -0.39 is 63.6 Å². The maximum Gasteiger partial charge on any atom is 0.416 e. The molecule has 0 N–H and O–H groups in total. The number of halogens is 7. The number of aromatic nitrogens is 2. The first-order valence-corrected chi connectivity index (χ1v) is 13.1. The number of hydrogen-bond acceptors (Lipinski definition) is 7. The number of sulfone groups is 1. The highest BCUT2D eigenvalue weighted by molar-refractivity contribution is 7.91. The molecule has 1 aliphatic rings. The largest absolute Gasteiger partial charge is 0.416 e. The van der Waals surface area contributed by atoms with Crippen LogP contribution >= 0.6 is 0 Å². The molecule has 0 saturated carbocycles. The van der Waals surface area contributed by atoms with E-state index in [1.165, 1.54) is 17.0 Å². The Morgan fingerprint density at radius 2 is 1.59 bits per heavy atom. The van der Waals surface area contributed by atoms with E-state index in [1.54, 1.807) is 0 Å². The molecule has 2 heterocycles. The van der Waals surface area contributed by atoms with Gasteiger partial charge in [0.25, 0.3) is 0 Å². The number of amides is 1. The SMILES string of the molecule is O=C(Cc1ccc(C(F)(F)F)cc1C(F)(F)F)N(Cc1nnc(N2CCS(=O)(=O)CC2)o1)c1ccc(F)cc1. The van der Waals surface area contributed by atoms with E-state index in [1.807, 2.05) is 0 Å². The number of anilines is 2. The van der Waals surface area contributed by atoms with E-state index >= 15 is 0 Å². The first kappa shape index (κ1) is 28.3. The number of alkyl halides is 6. The van der Waals surface area contributed by atoms with Crippen LogP contribution in [0, 0.1) is 5.82 Å². The lowest BCUT2D eigenvalue weighted by atomic mass is 10.00. The highest BCUT2D eigenvalue weighted by Gasteiger charge is 2.38. The summed E-state index contributed by atoms with van der Waals surface area (Å²) in [5.41, 5.74) is -3.80. The van der Waals surface area contributed by atoms with Crippen LogP contribution < -0.4 is 9.80 Å². The zero-order chi connectivity index (χ0) is 28.6. The average molecular weight is 580 g/mol. The van der Waals surface area contributed by atoms with Crippen molar-refractivity contribution in [2.75, 3.05) is 34.4 Å². The van der Waals surface area contributed by atoms with Gasteiger partial charge < -0.3 is 14.2 Å². The summed E-state index contributed by atoms with van der Waals surface area (Å²) in [6.45, 7) is -0.303. The quantitative estimate of drug-likeness (QED) is 0.402. The van der Waals surface area contributed by atoms with Gasteiger partial charge in [-0.15, -0.1) is 5.10 Å². The minimum absolute atomic E-state index is 0.0338. The minimum atomic E-state index is -5.18. The van der Waals surface area contributed by atoms with Gasteiger partial charge in [-0.1, -0.05) is 11.2 Å². The fourth-order valence-corrected chi connectivity index (χ4v) is 5.05. The van der Waals surface area contributed by atoms with Crippen LogP contribution in [0.25, 0.3) is 0 Å². The Morgan fingerprint density at radius 1 is 0.949 bits per heavy atom. The zero-order valence-corrected chi connectivity index (χ0v) is 20.6. The van der Waals surface area contributed by atoms with Gasteiger partial charge in [-0.25, -0.2) is 12.8 Å². The molecule has 210 valence electrons. The number of nitrogens with zero attached hydrogens (tertiary/aromatic N) is 4. The number of carbonyl (C=O) groups excluding carboxylic acids is 1. The van der Waals surface area contributed by atoms with Crippen molar-refractivity contribution >= 4 is 27.4 Å². The third-order valence-corrected chi connectivity index (χ3v) is 7.50. The van der Waals surface area contributed by atoms with Gasteiger partial charge >= 0.3 is 18.4 Å². The third kappa shape index (κ3) is 6.85. The lowest BCUT2D eigenvalue weighted by molar-refractivity contribution is -0.143. The second kappa shape index (κ2) is 10.5. The number of rotatable bonds is 6. The average Bonchev–Trinajstić information content (AvgIpc) is 3.30. The molecule has 3 aromatic rings. The Balaban J connectivity index is 1.62. The summed E-state index contributed by atoms with van der Waals surface area (Å²) in [7, 11) is -3.20. The van der Waals surface area contributed by atoms with Crippen molar-refractivity contribution in [3.05, 3.63) is 70.9 Å². The molecular weight excluding hydrogens is 561 g/mol. The van der Waals surface area contributed by atoms with Crippen LogP contribution in [0.1, 0.15) is 22.6 Å². The van der Waals surface area contributed by atoms with Crippen LogP contribution in [0.15, 0.2) is 46.9 Å². The first-order chi connectivity index (χ1) is 18.1. The maximum absolute atomic E-state index is 13.6. The van der Waals surface area contributed by atoms with E-state index in [-0.39, 0.29) is 48.3 Å². The topological polar surface area (TPSA) is 96.6 Å². The molecule has 1 fully saturated rings. The minimum Gasteiger partial charge on any atom is -0.406 e. The summed E-state index contributed by atoms with van der Waals surface area (Å²) in [6, 6.07) is 5.30. The van der Waals surface area contributed by atoms with Crippen LogP contribution in [0.5, 0.6) is 0 Å². The van der Waals surface area contributed by atoms with Gasteiger partial charge in [-0.05, 0) is 42.0 Å². The second-order valence-corrected chi connectivity index (χ2v) is 10.9. The molecule has 1 aromatic heterocycles. The molecule has 2 aromatic carbocycles. The fraction of sp³-hybridized carbons (Fsp3) is 0.348. The maximum atomic E-state index is 13.6. The Bertz CT molecular complexity index is 1440. The van der Waals surface area contributed by atoms with Crippen LogP contribution in [0.2, 0.25) is 0 Å². The van der Waals surface area contributed by atoms with Gasteiger partial charge in [0.2, 0.25) is 11.8 Å². The molecule has 0 atom stereocenters. The van der Waals surface area contributed by atoms with Crippen LogP contribution in [0.4, 0.5) is 42.4 Å². The molecule has 0 radical (unpaired) electrons. The van der Waals surface area contributed by atoms with Gasteiger partial charge in [-0.3, -0.25) is 4.79 Å². The van der Waals surface area contributed by atoms with Crippen molar-refractivity contribution in [3.8, 4) is 0 Å². The van der Waals surface area contributed by atoms with Gasteiger partial charge in [0.05, 0.1) is 29.1 Å². The lowest BCUT2D eigenvalue weighted by Crippen LogP contribution is -2.40. The van der Waals surface area contributed by atoms with Crippen molar-refractivity contribution in [1.29, 1.82) is 0 Å². The molecule has 0 spiro atoms. The Morgan fingerprint density at radius 3 is 2.18 bits per heavy atom. The summed E-state index contributed by atoms with van der Waals surface area (Å²) in [4.78, 5) is 15.7. The van der Waals surface area contributed by atoms with Gasteiger partial charge in [0, 0.05) is 18.8 Å². The number of benzene rings is 2. The van der Waals surface area contributed by atoms with Gasteiger partial charge in [0.1, 0.15) is 12.4 Å². The molecule has 0 bridgehead atoms. The van der Waals surface area contributed by atoms with Crippen LogP contribution in [-0.2, 0) is 39.9 Å². The third-order valence-electron chi connectivity index (χ3n) is 5.89. The molecule has 1 saturated heterocycles. The predicted octanol–water partition coefficient (Wildman–Crippen LogP) is 4.26. The molecular formula is C23H19F7N4O4S. The molecule has 16 heteroatoms.